The van der Waals surface area contributed by atoms with Gasteiger partial charge in [0, 0.05) is 25.2 Å². The summed E-state index contributed by atoms with van der Waals surface area (Å²) in [6.45, 7) is 4.29. The molecule has 0 saturated carbocycles. The third kappa shape index (κ3) is 4.73. The van der Waals surface area contributed by atoms with Crippen molar-refractivity contribution in [3.63, 3.8) is 0 Å². The molecule has 2 heterocycles. The van der Waals surface area contributed by atoms with Crippen molar-refractivity contribution in [3.8, 4) is 0 Å². The number of amides is 1. The number of aromatic nitrogens is 1. The normalized spacial score (nSPS) is 18.2. The molecule has 1 aliphatic rings. The Morgan fingerprint density at radius 2 is 1.81 bits per heavy atom. The van der Waals surface area contributed by atoms with Gasteiger partial charge in [-0.25, -0.2) is 13.4 Å². The number of piperidine rings is 1. The van der Waals surface area contributed by atoms with Crippen molar-refractivity contribution in [1.82, 2.24) is 9.29 Å². The number of hydrogen-bond acceptors (Lipinski definition) is 4. The fourth-order valence-electron chi connectivity index (χ4n) is 3.29. The van der Waals surface area contributed by atoms with Gasteiger partial charge in [0.2, 0.25) is 15.9 Å². The first kappa shape index (κ1) is 19.5. The lowest BCUT2D eigenvalue weighted by Crippen LogP contribution is -2.45. The topological polar surface area (TPSA) is 79.4 Å². The van der Waals surface area contributed by atoms with Gasteiger partial charge in [-0.15, -0.1) is 0 Å². The van der Waals surface area contributed by atoms with E-state index in [1.807, 2.05) is 19.9 Å². The van der Waals surface area contributed by atoms with E-state index in [1.54, 1.807) is 36.5 Å². The largest absolute Gasteiger partial charge is 0.311 e. The molecule has 2 aromatic rings. The summed E-state index contributed by atoms with van der Waals surface area (Å²) in [6.07, 6.45) is 4.22. The molecule has 0 aliphatic carbocycles. The Bertz CT molecular complexity index is 893. The molecule has 1 unspecified atom stereocenters. The summed E-state index contributed by atoms with van der Waals surface area (Å²) in [7, 11) is -3.61. The third-order valence-corrected chi connectivity index (χ3v) is 6.77. The van der Waals surface area contributed by atoms with Crippen LogP contribution in [0.4, 0.5) is 5.82 Å². The van der Waals surface area contributed by atoms with Crippen LogP contribution < -0.4 is 5.32 Å². The molecule has 1 fully saturated rings. The minimum absolute atomic E-state index is 0.126. The summed E-state index contributed by atoms with van der Waals surface area (Å²) in [4.78, 5) is 16.9. The van der Waals surface area contributed by atoms with Crippen LogP contribution in [-0.2, 0) is 14.8 Å². The van der Waals surface area contributed by atoms with Gasteiger partial charge in [-0.1, -0.05) is 30.2 Å². The van der Waals surface area contributed by atoms with E-state index in [1.165, 1.54) is 4.31 Å². The van der Waals surface area contributed by atoms with Gasteiger partial charge in [-0.3, -0.25) is 4.79 Å². The van der Waals surface area contributed by atoms with Crippen LogP contribution in [0.5, 0.6) is 0 Å². The van der Waals surface area contributed by atoms with Gasteiger partial charge >= 0.3 is 0 Å². The Kier molecular flexibility index (Phi) is 5.92. The number of sulfonamides is 1. The van der Waals surface area contributed by atoms with Gasteiger partial charge in [0.25, 0.3) is 0 Å². The lowest BCUT2D eigenvalue weighted by molar-refractivity contribution is -0.117. The van der Waals surface area contributed by atoms with E-state index in [2.05, 4.69) is 10.3 Å². The van der Waals surface area contributed by atoms with E-state index in [0.717, 1.165) is 24.0 Å². The van der Waals surface area contributed by atoms with Gasteiger partial charge in [0.1, 0.15) is 5.82 Å². The standard InChI is InChI=1S/C20H25N3O3S/c1-15-6-9-18(10-7-15)27(25,26)23-12-4-3-5-17(23)13-20(24)22-19-11-8-16(2)14-21-19/h6-11,14,17H,3-5,12-13H2,1-2H3,(H,21,22,24). The zero-order valence-corrected chi connectivity index (χ0v) is 16.5. The number of nitrogens with one attached hydrogen (secondary N) is 1. The van der Waals surface area contributed by atoms with E-state index < -0.39 is 10.0 Å². The van der Waals surface area contributed by atoms with Gasteiger partial charge in [0.05, 0.1) is 4.90 Å². The molecule has 1 amide bonds. The Labute approximate surface area is 160 Å². The molecule has 0 radical (unpaired) electrons. The van der Waals surface area contributed by atoms with Crippen LogP contribution in [0.2, 0.25) is 0 Å². The predicted molar refractivity (Wildman–Crippen MR) is 105 cm³/mol. The number of aryl methyl sites for hydroxylation is 2. The highest BCUT2D eigenvalue weighted by atomic mass is 32.2. The first-order chi connectivity index (χ1) is 12.9. The third-order valence-electron chi connectivity index (χ3n) is 4.80. The van der Waals surface area contributed by atoms with Crippen molar-refractivity contribution in [3.05, 3.63) is 53.7 Å². The number of carbonyl (C=O) groups excluding carboxylic acids is 1. The molecule has 1 aromatic heterocycles. The fraction of sp³-hybridized carbons (Fsp3) is 0.400. The van der Waals surface area contributed by atoms with E-state index in [4.69, 9.17) is 0 Å². The Morgan fingerprint density at radius 1 is 1.11 bits per heavy atom. The Morgan fingerprint density at radius 3 is 2.48 bits per heavy atom. The minimum Gasteiger partial charge on any atom is -0.311 e. The van der Waals surface area contributed by atoms with Gasteiger partial charge in [-0.2, -0.15) is 4.31 Å². The summed E-state index contributed by atoms with van der Waals surface area (Å²) in [5.74, 6) is 0.261. The highest BCUT2D eigenvalue weighted by Gasteiger charge is 2.34. The highest BCUT2D eigenvalue weighted by molar-refractivity contribution is 7.89. The number of benzene rings is 1. The van der Waals surface area contributed by atoms with Crippen LogP contribution in [-0.4, -0.2) is 36.2 Å². The highest BCUT2D eigenvalue weighted by Crippen LogP contribution is 2.27. The molecule has 0 spiro atoms. The van der Waals surface area contributed by atoms with Crippen molar-refractivity contribution < 1.29 is 13.2 Å². The zero-order valence-electron chi connectivity index (χ0n) is 15.7. The summed E-state index contributed by atoms with van der Waals surface area (Å²) >= 11 is 0. The van der Waals surface area contributed by atoms with Crippen LogP contribution >= 0.6 is 0 Å². The minimum atomic E-state index is -3.61. The maximum atomic E-state index is 13.1. The first-order valence-corrected chi connectivity index (χ1v) is 10.6. The molecule has 1 atom stereocenters. The maximum absolute atomic E-state index is 13.1. The smallest absolute Gasteiger partial charge is 0.243 e. The summed E-state index contributed by atoms with van der Waals surface area (Å²) < 4.78 is 27.6. The Balaban J connectivity index is 1.73. The number of hydrogen-bond donors (Lipinski definition) is 1. The van der Waals surface area contributed by atoms with Gasteiger partial charge < -0.3 is 5.32 Å². The molecule has 3 rings (SSSR count). The maximum Gasteiger partial charge on any atom is 0.243 e. The SMILES string of the molecule is Cc1ccc(S(=O)(=O)N2CCCCC2CC(=O)Nc2ccc(C)cn2)cc1. The van der Waals surface area contributed by atoms with Crippen molar-refractivity contribution in [2.75, 3.05) is 11.9 Å². The van der Waals surface area contributed by atoms with E-state index in [0.29, 0.717) is 18.8 Å². The summed E-state index contributed by atoms with van der Waals surface area (Å²) in [5, 5.41) is 2.76. The number of carbonyl (C=O) groups is 1. The van der Waals surface area contributed by atoms with Crippen LogP contribution in [0.1, 0.15) is 36.8 Å². The lowest BCUT2D eigenvalue weighted by atomic mass is 10.0. The molecule has 144 valence electrons. The van der Waals surface area contributed by atoms with Crippen molar-refractivity contribution in [1.29, 1.82) is 0 Å². The molecule has 1 saturated heterocycles. The second-order valence-corrected chi connectivity index (χ2v) is 8.94. The molecular formula is C20H25N3O3S. The van der Waals surface area contributed by atoms with E-state index in [9.17, 15) is 13.2 Å². The Hall–Kier alpha value is -2.25. The quantitative estimate of drug-likeness (QED) is 0.854. The van der Waals surface area contributed by atoms with E-state index in [-0.39, 0.29) is 23.3 Å². The number of anilines is 1. The average Bonchev–Trinajstić information content (AvgIpc) is 2.64. The van der Waals surface area contributed by atoms with Crippen LogP contribution in [0.15, 0.2) is 47.5 Å². The monoisotopic (exact) mass is 387 g/mol. The average molecular weight is 388 g/mol. The molecule has 0 bridgehead atoms. The van der Waals surface area contributed by atoms with Crippen molar-refractivity contribution >= 4 is 21.7 Å². The molecule has 6 nitrogen and oxygen atoms in total. The molecule has 1 N–H and O–H groups in total. The van der Waals surface area contributed by atoms with Crippen LogP contribution in [0, 0.1) is 13.8 Å². The molecule has 27 heavy (non-hydrogen) atoms. The van der Waals surface area contributed by atoms with Crippen molar-refractivity contribution in [2.24, 2.45) is 0 Å². The van der Waals surface area contributed by atoms with E-state index >= 15 is 0 Å². The van der Waals surface area contributed by atoms with Gasteiger partial charge in [-0.05, 0) is 50.5 Å². The second kappa shape index (κ2) is 8.19. The molecule has 7 heteroatoms. The predicted octanol–water partition coefficient (Wildman–Crippen LogP) is 3.27. The lowest BCUT2D eigenvalue weighted by Gasteiger charge is -2.34. The van der Waals surface area contributed by atoms with Crippen molar-refractivity contribution in [2.45, 2.75) is 50.5 Å². The zero-order chi connectivity index (χ0) is 19.4. The molecule has 1 aromatic carbocycles. The van der Waals surface area contributed by atoms with Crippen LogP contribution in [0.3, 0.4) is 0 Å². The second-order valence-electron chi connectivity index (χ2n) is 7.05. The number of rotatable bonds is 5. The number of nitrogens with zero attached hydrogens (tertiary/aromatic N) is 2. The number of pyridine rings is 1. The van der Waals surface area contributed by atoms with Gasteiger partial charge in [0.15, 0.2) is 0 Å². The van der Waals surface area contributed by atoms with Crippen LogP contribution in [0.25, 0.3) is 0 Å². The summed E-state index contributed by atoms with van der Waals surface area (Å²) in [5.41, 5.74) is 2.02. The molecular weight excluding hydrogens is 362 g/mol. The first-order valence-electron chi connectivity index (χ1n) is 9.17. The molecule has 1 aliphatic heterocycles. The fourth-order valence-corrected chi connectivity index (χ4v) is 4.98. The summed E-state index contributed by atoms with van der Waals surface area (Å²) in [6, 6.07) is 10.1.